The van der Waals surface area contributed by atoms with Crippen molar-refractivity contribution in [3.05, 3.63) is 0 Å². The van der Waals surface area contributed by atoms with Crippen LogP contribution in [-0.2, 0) is 0 Å². The molecule has 4 heteroatoms. The Bertz CT molecular complexity index is 272. The topological polar surface area (TPSA) is 27.6 Å². The summed E-state index contributed by atoms with van der Waals surface area (Å²) in [4.78, 5) is 7.16. The molecule has 0 saturated carbocycles. The molecule has 1 fully saturated rings. The fraction of sp³-hybridized carbons (Fsp3) is 0.923. The maximum Gasteiger partial charge on any atom is 0.157 e. The van der Waals surface area contributed by atoms with E-state index in [1.165, 1.54) is 25.9 Å². The molecule has 0 aromatic carbocycles. The lowest BCUT2D eigenvalue weighted by atomic mass is 10.1. The van der Waals surface area contributed by atoms with E-state index in [9.17, 15) is 0 Å². The maximum absolute atomic E-state index is 4.60. The first-order valence-electron chi connectivity index (χ1n) is 6.85. The molecule has 0 amide bonds. The standard InChI is InChI=1S/C13H25N3S/c1-10(2)12-8-14-13(17-12)15-11(3)9-16-6-4-5-7-16/h10-12H,4-9H2,1-3H3,(H,14,15). The fourth-order valence-electron chi connectivity index (χ4n) is 2.43. The van der Waals surface area contributed by atoms with Crippen molar-refractivity contribution in [2.24, 2.45) is 10.9 Å². The molecular formula is C13H25N3S. The summed E-state index contributed by atoms with van der Waals surface area (Å²) in [6.07, 6.45) is 2.75. The number of nitrogens with one attached hydrogen (secondary N) is 1. The highest BCUT2D eigenvalue weighted by Gasteiger charge is 2.24. The third kappa shape index (κ3) is 3.88. The quantitative estimate of drug-likeness (QED) is 0.834. The Kier molecular flexibility index (Phi) is 4.74. The van der Waals surface area contributed by atoms with Gasteiger partial charge in [-0.05, 0) is 38.8 Å². The van der Waals surface area contributed by atoms with E-state index >= 15 is 0 Å². The lowest BCUT2D eigenvalue weighted by Gasteiger charge is -2.22. The first-order chi connectivity index (χ1) is 8.15. The molecule has 2 heterocycles. The number of thioether (sulfide) groups is 1. The predicted octanol–water partition coefficient (Wildman–Crippen LogP) is 2.19. The van der Waals surface area contributed by atoms with Gasteiger partial charge in [-0.1, -0.05) is 25.6 Å². The van der Waals surface area contributed by atoms with E-state index in [0.717, 1.165) is 24.2 Å². The van der Waals surface area contributed by atoms with Crippen LogP contribution in [0.15, 0.2) is 4.99 Å². The number of hydrogen-bond acceptors (Lipinski definition) is 4. The van der Waals surface area contributed by atoms with E-state index < -0.39 is 0 Å². The Morgan fingerprint density at radius 2 is 2.06 bits per heavy atom. The Morgan fingerprint density at radius 3 is 2.65 bits per heavy atom. The number of hydrogen-bond donors (Lipinski definition) is 1. The SMILES string of the molecule is CC(CN1CCCC1)NC1=NCC(C(C)C)S1. The van der Waals surface area contributed by atoms with Gasteiger partial charge in [0, 0.05) is 17.8 Å². The summed E-state index contributed by atoms with van der Waals surface area (Å²) in [5.41, 5.74) is 0. The molecule has 98 valence electrons. The van der Waals surface area contributed by atoms with Gasteiger partial charge in [0.05, 0.1) is 6.54 Å². The summed E-state index contributed by atoms with van der Waals surface area (Å²) >= 11 is 1.93. The first kappa shape index (κ1) is 13.2. The van der Waals surface area contributed by atoms with Gasteiger partial charge in [-0.2, -0.15) is 0 Å². The summed E-state index contributed by atoms with van der Waals surface area (Å²) in [6.45, 7) is 11.5. The van der Waals surface area contributed by atoms with Crippen molar-refractivity contribution in [3.63, 3.8) is 0 Å². The van der Waals surface area contributed by atoms with Gasteiger partial charge in [0.2, 0.25) is 0 Å². The second kappa shape index (κ2) is 6.10. The predicted molar refractivity (Wildman–Crippen MR) is 76.8 cm³/mol. The van der Waals surface area contributed by atoms with Gasteiger partial charge in [-0.3, -0.25) is 4.99 Å². The minimum Gasteiger partial charge on any atom is -0.361 e. The molecule has 1 saturated heterocycles. The highest BCUT2D eigenvalue weighted by molar-refractivity contribution is 8.14. The average molecular weight is 255 g/mol. The zero-order valence-corrected chi connectivity index (χ0v) is 12.1. The summed E-state index contributed by atoms with van der Waals surface area (Å²) in [5, 5.41) is 5.40. The van der Waals surface area contributed by atoms with E-state index in [0.29, 0.717) is 11.3 Å². The lowest BCUT2D eigenvalue weighted by Crippen LogP contribution is -2.39. The van der Waals surface area contributed by atoms with Gasteiger partial charge in [-0.15, -0.1) is 0 Å². The van der Waals surface area contributed by atoms with Crippen LogP contribution >= 0.6 is 11.8 Å². The van der Waals surface area contributed by atoms with Gasteiger partial charge in [0.15, 0.2) is 5.17 Å². The molecular weight excluding hydrogens is 230 g/mol. The summed E-state index contributed by atoms with van der Waals surface area (Å²) in [7, 11) is 0. The van der Waals surface area contributed by atoms with Gasteiger partial charge in [0.1, 0.15) is 0 Å². The number of nitrogens with zero attached hydrogens (tertiary/aromatic N) is 2. The Hall–Kier alpha value is -0.220. The van der Waals surface area contributed by atoms with E-state index in [4.69, 9.17) is 0 Å². The van der Waals surface area contributed by atoms with Crippen LogP contribution in [0.3, 0.4) is 0 Å². The second-order valence-corrected chi connectivity index (χ2v) is 6.83. The largest absolute Gasteiger partial charge is 0.361 e. The molecule has 2 unspecified atom stereocenters. The van der Waals surface area contributed by atoms with Gasteiger partial charge < -0.3 is 10.2 Å². The number of likely N-dealkylation sites (tertiary alicyclic amines) is 1. The van der Waals surface area contributed by atoms with Crippen molar-refractivity contribution in [2.45, 2.75) is 44.9 Å². The van der Waals surface area contributed by atoms with Gasteiger partial charge in [0.25, 0.3) is 0 Å². The third-order valence-electron chi connectivity index (χ3n) is 3.52. The summed E-state index contributed by atoms with van der Waals surface area (Å²) < 4.78 is 0. The maximum atomic E-state index is 4.60. The number of rotatable bonds is 4. The monoisotopic (exact) mass is 255 g/mol. The normalized spacial score (nSPS) is 27.5. The van der Waals surface area contributed by atoms with Gasteiger partial charge >= 0.3 is 0 Å². The number of aliphatic imine (C=N–C) groups is 1. The van der Waals surface area contributed by atoms with E-state index in [-0.39, 0.29) is 0 Å². The van der Waals surface area contributed by atoms with Crippen molar-refractivity contribution >= 4 is 16.9 Å². The average Bonchev–Trinajstić information content (AvgIpc) is 2.88. The van der Waals surface area contributed by atoms with Crippen LogP contribution in [0.4, 0.5) is 0 Å². The van der Waals surface area contributed by atoms with Crippen LogP contribution in [0.1, 0.15) is 33.6 Å². The molecule has 3 nitrogen and oxygen atoms in total. The molecule has 0 radical (unpaired) electrons. The zero-order valence-electron chi connectivity index (χ0n) is 11.3. The minimum absolute atomic E-state index is 0.519. The molecule has 17 heavy (non-hydrogen) atoms. The van der Waals surface area contributed by atoms with Crippen molar-refractivity contribution in [1.82, 2.24) is 10.2 Å². The van der Waals surface area contributed by atoms with Crippen LogP contribution in [0, 0.1) is 5.92 Å². The zero-order chi connectivity index (χ0) is 12.3. The highest BCUT2D eigenvalue weighted by atomic mass is 32.2. The smallest absolute Gasteiger partial charge is 0.157 e. The molecule has 2 rings (SSSR count). The molecule has 2 aliphatic heterocycles. The Labute approximate surface area is 109 Å². The van der Waals surface area contributed by atoms with Crippen LogP contribution in [0.5, 0.6) is 0 Å². The van der Waals surface area contributed by atoms with E-state index in [1.807, 2.05) is 11.8 Å². The van der Waals surface area contributed by atoms with Gasteiger partial charge in [-0.25, -0.2) is 0 Å². The second-order valence-electron chi connectivity index (χ2n) is 5.60. The number of amidine groups is 1. The molecule has 0 spiro atoms. The molecule has 0 bridgehead atoms. The van der Waals surface area contributed by atoms with Crippen LogP contribution in [0.25, 0.3) is 0 Å². The lowest BCUT2D eigenvalue weighted by molar-refractivity contribution is 0.312. The van der Waals surface area contributed by atoms with Crippen LogP contribution < -0.4 is 5.32 Å². The van der Waals surface area contributed by atoms with E-state index in [2.05, 4.69) is 36.0 Å². The van der Waals surface area contributed by atoms with Crippen molar-refractivity contribution in [2.75, 3.05) is 26.2 Å². The van der Waals surface area contributed by atoms with Crippen LogP contribution in [-0.4, -0.2) is 47.5 Å². The van der Waals surface area contributed by atoms with Crippen molar-refractivity contribution < 1.29 is 0 Å². The first-order valence-corrected chi connectivity index (χ1v) is 7.73. The Morgan fingerprint density at radius 1 is 1.35 bits per heavy atom. The van der Waals surface area contributed by atoms with Crippen LogP contribution in [0.2, 0.25) is 0 Å². The molecule has 2 atom stereocenters. The summed E-state index contributed by atoms with van der Waals surface area (Å²) in [6, 6.07) is 0.519. The summed E-state index contributed by atoms with van der Waals surface area (Å²) in [5.74, 6) is 0.719. The molecule has 0 aromatic rings. The fourth-order valence-corrected chi connectivity index (χ4v) is 3.55. The molecule has 0 aromatic heterocycles. The minimum atomic E-state index is 0.519. The molecule has 2 aliphatic rings. The third-order valence-corrected chi connectivity index (χ3v) is 4.99. The van der Waals surface area contributed by atoms with Crippen molar-refractivity contribution in [1.29, 1.82) is 0 Å². The highest BCUT2D eigenvalue weighted by Crippen LogP contribution is 2.26. The molecule has 0 aliphatic carbocycles. The van der Waals surface area contributed by atoms with Crippen molar-refractivity contribution in [3.8, 4) is 0 Å². The van der Waals surface area contributed by atoms with E-state index in [1.54, 1.807) is 0 Å². The Balaban J connectivity index is 1.70. The molecule has 1 N–H and O–H groups in total.